The lowest BCUT2D eigenvalue weighted by Gasteiger charge is -2.00. The fraction of sp³-hybridized carbons (Fsp3) is 0.125. The smallest absolute Gasteiger partial charge is 0.191 e. The molecular formula is C8H6FNO. The molecule has 0 saturated carbocycles. The summed E-state index contributed by atoms with van der Waals surface area (Å²) >= 11 is 0. The molecule has 0 atom stereocenters. The van der Waals surface area contributed by atoms with E-state index in [2.05, 4.69) is 9.58 Å². The summed E-state index contributed by atoms with van der Waals surface area (Å²) in [6, 6.07) is 3.99. The van der Waals surface area contributed by atoms with Crippen LogP contribution in [0, 0.1) is 12.4 Å². The van der Waals surface area contributed by atoms with Gasteiger partial charge in [0.25, 0.3) is 0 Å². The molecule has 0 bridgehead atoms. The second kappa shape index (κ2) is 3.02. The summed E-state index contributed by atoms with van der Waals surface area (Å²) in [5.74, 6) is -0.335. The molecule has 56 valence electrons. The van der Waals surface area contributed by atoms with Crippen molar-refractivity contribution in [2.24, 2.45) is 0 Å². The summed E-state index contributed by atoms with van der Waals surface area (Å²) in [6.45, 7) is 6.63. The lowest BCUT2D eigenvalue weighted by atomic mass is 10.3. The van der Waals surface area contributed by atoms with Crippen LogP contribution in [0.2, 0.25) is 0 Å². The van der Waals surface area contributed by atoms with Crippen LogP contribution in [0.25, 0.3) is 4.85 Å². The first kappa shape index (κ1) is 7.55. The molecule has 0 unspecified atom stereocenters. The highest BCUT2D eigenvalue weighted by Gasteiger charge is 2.01. The Balaban J connectivity index is 3.15. The number of ether oxygens (including phenoxy) is 1. The molecule has 0 radical (unpaired) electrons. The van der Waals surface area contributed by atoms with E-state index in [0.29, 0.717) is 5.69 Å². The van der Waals surface area contributed by atoms with Gasteiger partial charge in [0, 0.05) is 0 Å². The second-order valence-electron chi connectivity index (χ2n) is 1.93. The van der Waals surface area contributed by atoms with Crippen LogP contribution in [-0.2, 0) is 0 Å². The second-order valence-corrected chi connectivity index (χ2v) is 1.93. The SMILES string of the molecule is [C-]#[N+]c1ccc(F)c(OC)c1. The first-order valence-electron chi connectivity index (χ1n) is 2.99. The molecule has 1 rings (SSSR count). The maximum Gasteiger partial charge on any atom is 0.191 e. The Bertz CT molecular complexity index is 303. The first-order chi connectivity index (χ1) is 5.27. The standard InChI is InChI=1S/C8H6FNO/c1-10-6-3-4-7(9)8(5-6)11-2/h3-5H,2H3. The normalized spacial score (nSPS) is 8.82. The zero-order valence-corrected chi connectivity index (χ0v) is 5.97. The molecule has 0 aliphatic heterocycles. The minimum Gasteiger partial charge on any atom is -0.495 e. The molecule has 1 aromatic rings. The molecule has 0 aliphatic rings. The monoisotopic (exact) mass is 151 g/mol. The molecule has 0 saturated heterocycles. The number of nitrogens with zero attached hydrogens (tertiary/aromatic N) is 1. The Morgan fingerprint density at radius 2 is 2.27 bits per heavy atom. The van der Waals surface area contributed by atoms with Gasteiger partial charge in [-0.1, -0.05) is 6.07 Å². The number of halogens is 1. The van der Waals surface area contributed by atoms with Crippen LogP contribution in [-0.4, -0.2) is 7.11 Å². The van der Waals surface area contributed by atoms with Gasteiger partial charge in [-0.15, -0.1) is 0 Å². The highest BCUT2D eigenvalue weighted by Crippen LogP contribution is 2.22. The minimum atomic E-state index is -0.445. The van der Waals surface area contributed by atoms with Gasteiger partial charge in [-0.25, -0.2) is 9.24 Å². The van der Waals surface area contributed by atoms with Crippen molar-refractivity contribution in [2.75, 3.05) is 7.11 Å². The topological polar surface area (TPSA) is 13.6 Å². The van der Waals surface area contributed by atoms with Gasteiger partial charge in [0.15, 0.2) is 11.5 Å². The lowest BCUT2D eigenvalue weighted by Crippen LogP contribution is -1.85. The van der Waals surface area contributed by atoms with E-state index >= 15 is 0 Å². The van der Waals surface area contributed by atoms with Gasteiger partial charge >= 0.3 is 0 Å². The van der Waals surface area contributed by atoms with E-state index in [1.165, 1.54) is 25.3 Å². The molecule has 0 N–H and O–H groups in total. The number of rotatable bonds is 1. The van der Waals surface area contributed by atoms with E-state index in [4.69, 9.17) is 6.57 Å². The van der Waals surface area contributed by atoms with Crippen LogP contribution < -0.4 is 4.74 Å². The fourth-order valence-corrected chi connectivity index (χ4v) is 0.718. The minimum absolute atomic E-state index is 0.110. The van der Waals surface area contributed by atoms with E-state index in [1.54, 1.807) is 0 Å². The van der Waals surface area contributed by atoms with Gasteiger partial charge in [-0.2, -0.15) is 0 Å². The van der Waals surface area contributed by atoms with E-state index in [1.807, 2.05) is 0 Å². The average molecular weight is 151 g/mol. The van der Waals surface area contributed by atoms with Crippen molar-refractivity contribution in [3.05, 3.63) is 35.4 Å². The van der Waals surface area contributed by atoms with Gasteiger partial charge in [0.2, 0.25) is 0 Å². The van der Waals surface area contributed by atoms with Crippen molar-refractivity contribution in [3.63, 3.8) is 0 Å². The van der Waals surface area contributed by atoms with Gasteiger partial charge < -0.3 is 4.74 Å². The van der Waals surface area contributed by atoms with Crippen LogP contribution in [0.4, 0.5) is 10.1 Å². The van der Waals surface area contributed by atoms with Crippen molar-refractivity contribution in [3.8, 4) is 5.75 Å². The largest absolute Gasteiger partial charge is 0.495 e. The highest BCUT2D eigenvalue weighted by molar-refractivity contribution is 5.49. The van der Waals surface area contributed by atoms with Crippen molar-refractivity contribution in [2.45, 2.75) is 0 Å². The summed E-state index contributed by atoms with van der Waals surface area (Å²) in [5, 5.41) is 0. The Kier molecular flexibility index (Phi) is 2.07. The molecule has 1 aromatic carbocycles. The zero-order chi connectivity index (χ0) is 8.27. The summed E-state index contributed by atoms with van der Waals surface area (Å²) in [5.41, 5.74) is 0.378. The lowest BCUT2D eigenvalue weighted by molar-refractivity contribution is 0.387. The number of hydrogen-bond donors (Lipinski definition) is 0. The number of benzene rings is 1. The van der Waals surface area contributed by atoms with Crippen molar-refractivity contribution in [1.82, 2.24) is 0 Å². The van der Waals surface area contributed by atoms with Crippen LogP contribution in [0.1, 0.15) is 0 Å². The number of hydrogen-bond acceptors (Lipinski definition) is 1. The Morgan fingerprint density at radius 1 is 1.55 bits per heavy atom. The van der Waals surface area contributed by atoms with Crippen LogP contribution in [0.3, 0.4) is 0 Å². The summed E-state index contributed by atoms with van der Waals surface area (Å²) < 4.78 is 17.3. The summed E-state index contributed by atoms with van der Waals surface area (Å²) in [6.07, 6.45) is 0. The third-order valence-electron chi connectivity index (χ3n) is 1.26. The molecule has 0 fully saturated rings. The maximum atomic E-state index is 12.7. The average Bonchev–Trinajstić information content (AvgIpc) is 2.05. The van der Waals surface area contributed by atoms with E-state index in [9.17, 15) is 4.39 Å². The maximum absolute atomic E-state index is 12.7. The van der Waals surface area contributed by atoms with Crippen molar-refractivity contribution < 1.29 is 9.13 Å². The van der Waals surface area contributed by atoms with Crippen LogP contribution in [0.15, 0.2) is 18.2 Å². The molecule has 2 nitrogen and oxygen atoms in total. The van der Waals surface area contributed by atoms with Crippen LogP contribution >= 0.6 is 0 Å². The molecular weight excluding hydrogens is 145 g/mol. The van der Waals surface area contributed by atoms with Gasteiger partial charge in [-0.3, -0.25) is 0 Å². The Hall–Kier alpha value is -1.56. The molecule has 0 heterocycles. The van der Waals surface area contributed by atoms with Gasteiger partial charge in [0.05, 0.1) is 13.7 Å². The third-order valence-corrected chi connectivity index (χ3v) is 1.26. The van der Waals surface area contributed by atoms with E-state index in [0.717, 1.165) is 0 Å². The van der Waals surface area contributed by atoms with Crippen molar-refractivity contribution in [1.29, 1.82) is 0 Å². The quantitative estimate of drug-likeness (QED) is 0.562. The molecule has 0 amide bonds. The Labute approximate surface area is 64.0 Å². The highest BCUT2D eigenvalue weighted by atomic mass is 19.1. The molecule has 0 aliphatic carbocycles. The van der Waals surface area contributed by atoms with E-state index in [-0.39, 0.29) is 5.75 Å². The van der Waals surface area contributed by atoms with Crippen LogP contribution in [0.5, 0.6) is 5.75 Å². The van der Waals surface area contributed by atoms with Gasteiger partial charge in [-0.05, 0) is 12.1 Å². The molecule has 0 spiro atoms. The molecule has 11 heavy (non-hydrogen) atoms. The predicted molar refractivity (Wildman–Crippen MR) is 39.2 cm³/mol. The van der Waals surface area contributed by atoms with E-state index < -0.39 is 5.82 Å². The third kappa shape index (κ3) is 1.47. The first-order valence-corrected chi connectivity index (χ1v) is 2.99. The Morgan fingerprint density at radius 3 is 2.82 bits per heavy atom. The zero-order valence-electron chi connectivity index (χ0n) is 5.97. The molecule has 3 heteroatoms. The summed E-state index contributed by atoms with van der Waals surface area (Å²) in [4.78, 5) is 3.12. The van der Waals surface area contributed by atoms with Gasteiger partial charge in [0.1, 0.15) is 5.75 Å². The summed E-state index contributed by atoms with van der Waals surface area (Å²) in [7, 11) is 1.37. The number of methoxy groups -OCH3 is 1. The predicted octanol–water partition coefficient (Wildman–Crippen LogP) is 2.39. The molecule has 0 aromatic heterocycles. The van der Waals surface area contributed by atoms with Crippen molar-refractivity contribution >= 4 is 5.69 Å². The fourth-order valence-electron chi connectivity index (χ4n) is 0.718.